The maximum absolute atomic E-state index is 6.00. The van der Waals surface area contributed by atoms with Gasteiger partial charge in [0.1, 0.15) is 5.75 Å². The van der Waals surface area contributed by atoms with Crippen LogP contribution in [0.1, 0.15) is 24.4 Å². The van der Waals surface area contributed by atoms with E-state index in [2.05, 4.69) is 16.8 Å². The first-order chi connectivity index (χ1) is 12.7. The molecule has 3 rings (SSSR count). The van der Waals surface area contributed by atoms with E-state index in [9.17, 15) is 0 Å². The topological polar surface area (TPSA) is 39.9 Å². The molecule has 0 saturated heterocycles. The number of rotatable bonds is 8. The maximum atomic E-state index is 6.00. The van der Waals surface area contributed by atoms with Crippen molar-refractivity contribution in [3.05, 3.63) is 83.7 Å². The average molecular weight is 386 g/mol. The van der Waals surface area contributed by atoms with Crippen molar-refractivity contribution in [1.82, 2.24) is 14.8 Å². The van der Waals surface area contributed by atoms with Crippen molar-refractivity contribution < 1.29 is 4.74 Å². The van der Waals surface area contributed by atoms with Crippen molar-refractivity contribution in [1.29, 1.82) is 0 Å². The molecule has 134 valence electrons. The van der Waals surface area contributed by atoms with Crippen LogP contribution >= 0.6 is 23.4 Å². The molecular formula is C20H20ClN3OS. The summed E-state index contributed by atoms with van der Waals surface area (Å²) in [4.78, 5) is 0. The standard InChI is InChI=1S/C20H20ClN3OS/c1-3-13-24-19(15(2)25-18-7-5-4-6-8-18)22-23-20(24)26-14-16-9-11-17(21)12-10-16/h3-12,15H,1,13-14H2,2H3. The van der Waals surface area contributed by atoms with E-state index in [0.29, 0.717) is 6.54 Å². The van der Waals surface area contributed by atoms with E-state index >= 15 is 0 Å². The fourth-order valence-electron chi connectivity index (χ4n) is 2.49. The average Bonchev–Trinajstić information content (AvgIpc) is 3.05. The minimum atomic E-state index is -0.213. The molecule has 0 N–H and O–H groups in total. The highest BCUT2D eigenvalue weighted by Gasteiger charge is 2.19. The Labute approximate surface area is 162 Å². The molecule has 1 heterocycles. The van der Waals surface area contributed by atoms with Gasteiger partial charge in [-0.1, -0.05) is 59.8 Å². The molecule has 1 aromatic heterocycles. The Kier molecular flexibility index (Phi) is 6.36. The number of hydrogen-bond donors (Lipinski definition) is 0. The number of nitrogens with zero attached hydrogens (tertiary/aromatic N) is 3. The minimum Gasteiger partial charge on any atom is -0.483 e. The first-order valence-electron chi connectivity index (χ1n) is 8.30. The first-order valence-corrected chi connectivity index (χ1v) is 9.66. The number of allylic oxidation sites excluding steroid dienone is 1. The third-order valence-corrected chi connectivity index (χ3v) is 5.05. The largest absolute Gasteiger partial charge is 0.483 e. The zero-order chi connectivity index (χ0) is 18.4. The van der Waals surface area contributed by atoms with Crippen LogP contribution in [-0.4, -0.2) is 14.8 Å². The molecule has 26 heavy (non-hydrogen) atoms. The van der Waals surface area contributed by atoms with Crippen LogP contribution in [0.3, 0.4) is 0 Å². The number of para-hydroxylation sites is 1. The zero-order valence-electron chi connectivity index (χ0n) is 14.5. The van der Waals surface area contributed by atoms with Gasteiger partial charge in [0.25, 0.3) is 0 Å². The van der Waals surface area contributed by atoms with Gasteiger partial charge in [0, 0.05) is 17.3 Å². The van der Waals surface area contributed by atoms with Gasteiger partial charge in [-0.3, -0.25) is 4.57 Å². The van der Waals surface area contributed by atoms with E-state index in [4.69, 9.17) is 16.3 Å². The van der Waals surface area contributed by atoms with Gasteiger partial charge in [-0.2, -0.15) is 0 Å². The van der Waals surface area contributed by atoms with E-state index in [1.165, 1.54) is 5.56 Å². The van der Waals surface area contributed by atoms with E-state index in [1.807, 2.05) is 72.2 Å². The maximum Gasteiger partial charge on any atom is 0.191 e. The number of aromatic nitrogens is 3. The predicted octanol–water partition coefficient (Wildman–Crippen LogP) is 5.55. The third kappa shape index (κ3) is 4.68. The molecule has 0 bridgehead atoms. The molecule has 0 aliphatic rings. The molecule has 6 heteroatoms. The second kappa shape index (κ2) is 8.92. The highest BCUT2D eigenvalue weighted by Crippen LogP contribution is 2.27. The van der Waals surface area contributed by atoms with Crippen LogP contribution in [0, 0.1) is 0 Å². The monoisotopic (exact) mass is 385 g/mol. The molecule has 1 unspecified atom stereocenters. The Morgan fingerprint density at radius 2 is 1.88 bits per heavy atom. The zero-order valence-corrected chi connectivity index (χ0v) is 16.1. The summed E-state index contributed by atoms with van der Waals surface area (Å²) in [6.07, 6.45) is 1.63. The molecule has 0 fully saturated rings. The van der Waals surface area contributed by atoms with Crippen LogP contribution in [-0.2, 0) is 12.3 Å². The van der Waals surface area contributed by atoms with Crippen molar-refractivity contribution in [2.75, 3.05) is 0 Å². The SMILES string of the molecule is C=CCn1c(SCc2ccc(Cl)cc2)nnc1C(C)Oc1ccccc1. The molecule has 0 saturated carbocycles. The summed E-state index contributed by atoms with van der Waals surface area (Å²) in [5.41, 5.74) is 1.18. The van der Waals surface area contributed by atoms with Gasteiger partial charge in [-0.15, -0.1) is 16.8 Å². The number of halogens is 1. The summed E-state index contributed by atoms with van der Waals surface area (Å²) >= 11 is 7.58. The molecule has 4 nitrogen and oxygen atoms in total. The van der Waals surface area contributed by atoms with Gasteiger partial charge in [0.15, 0.2) is 17.1 Å². The molecule has 0 radical (unpaired) electrons. The highest BCUT2D eigenvalue weighted by atomic mass is 35.5. The highest BCUT2D eigenvalue weighted by molar-refractivity contribution is 7.98. The van der Waals surface area contributed by atoms with E-state index in [1.54, 1.807) is 11.8 Å². The van der Waals surface area contributed by atoms with Crippen LogP contribution < -0.4 is 4.74 Å². The fourth-order valence-corrected chi connectivity index (χ4v) is 3.53. The van der Waals surface area contributed by atoms with Crippen LogP contribution in [0.15, 0.2) is 72.4 Å². The summed E-state index contributed by atoms with van der Waals surface area (Å²) in [7, 11) is 0. The van der Waals surface area contributed by atoms with E-state index in [0.717, 1.165) is 27.5 Å². The number of benzene rings is 2. The molecule has 0 aliphatic heterocycles. The first kappa shape index (κ1) is 18.5. The lowest BCUT2D eigenvalue weighted by molar-refractivity contribution is 0.210. The molecule has 0 spiro atoms. The Morgan fingerprint density at radius 1 is 1.15 bits per heavy atom. The normalized spacial score (nSPS) is 11.9. The number of thioether (sulfide) groups is 1. The lowest BCUT2D eigenvalue weighted by Crippen LogP contribution is -2.12. The molecule has 2 aromatic carbocycles. The molecule has 0 amide bonds. The summed E-state index contributed by atoms with van der Waals surface area (Å²) in [6.45, 7) is 6.46. The number of ether oxygens (including phenoxy) is 1. The molecule has 0 aliphatic carbocycles. The van der Waals surface area contributed by atoms with Crippen LogP contribution in [0.4, 0.5) is 0 Å². The van der Waals surface area contributed by atoms with E-state index in [-0.39, 0.29) is 6.10 Å². The van der Waals surface area contributed by atoms with Crippen molar-refractivity contribution in [3.8, 4) is 5.75 Å². The summed E-state index contributed by atoms with van der Waals surface area (Å²) in [5.74, 6) is 2.39. The fraction of sp³-hybridized carbons (Fsp3) is 0.200. The second-order valence-electron chi connectivity index (χ2n) is 5.73. The van der Waals surface area contributed by atoms with E-state index < -0.39 is 0 Å². The second-order valence-corrected chi connectivity index (χ2v) is 7.11. The Balaban J connectivity index is 1.74. The van der Waals surface area contributed by atoms with Crippen LogP contribution in [0.2, 0.25) is 5.02 Å². The van der Waals surface area contributed by atoms with Crippen molar-refractivity contribution in [2.45, 2.75) is 30.5 Å². The van der Waals surface area contributed by atoms with Gasteiger partial charge in [0.2, 0.25) is 0 Å². The van der Waals surface area contributed by atoms with Crippen molar-refractivity contribution >= 4 is 23.4 Å². The third-order valence-electron chi connectivity index (χ3n) is 3.76. The van der Waals surface area contributed by atoms with Gasteiger partial charge in [-0.25, -0.2) is 0 Å². The summed E-state index contributed by atoms with van der Waals surface area (Å²) < 4.78 is 8.04. The van der Waals surface area contributed by atoms with Crippen LogP contribution in [0.25, 0.3) is 0 Å². The quantitative estimate of drug-likeness (QED) is 0.376. The van der Waals surface area contributed by atoms with Gasteiger partial charge in [-0.05, 0) is 36.8 Å². The summed E-state index contributed by atoms with van der Waals surface area (Å²) in [5, 5.41) is 10.3. The Morgan fingerprint density at radius 3 is 2.58 bits per heavy atom. The van der Waals surface area contributed by atoms with Crippen molar-refractivity contribution in [3.63, 3.8) is 0 Å². The molecule has 3 aromatic rings. The lowest BCUT2D eigenvalue weighted by atomic mass is 10.2. The van der Waals surface area contributed by atoms with Gasteiger partial charge in [0.05, 0.1) is 0 Å². The van der Waals surface area contributed by atoms with Gasteiger partial charge < -0.3 is 4.74 Å². The van der Waals surface area contributed by atoms with Gasteiger partial charge >= 0.3 is 0 Å². The Bertz CT molecular complexity index is 849. The molecule has 1 atom stereocenters. The summed E-state index contributed by atoms with van der Waals surface area (Å²) in [6, 6.07) is 17.6. The van der Waals surface area contributed by atoms with Crippen LogP contribution in [0.5, 0.6) is 5.75 Å². The lowest BCUT2D eigenvalue weighted by Gasteiger charge is -2.15. The Hall–Kier alpha value is -2.24. The number of hydrogen-bond acceptors (Lipinski definition) is 4. The minimum absolute atomic E-state index is 0.213. The van der Waals surface area contributed by atoms with Crippen molar-refractivity contribution in [2.24, 2.45) is 0 Å². The predicted molar refractivity (Wildman–Crippen MR) is 107 cm³/mol. The smallest absolute Gasteiger partial charge is 0.191 e. The molecular weight excluding hydrogens is 366 g/mol.